The zero-order chi connectivity index (χ0) is 13.5. The number of carbonyl (C=O) groups excluding carboxylic acids is 1. The van der Waals surface area contributed by atoms with Crippen LogP contribution >= 0.6 is 11.6 Å². The number of rotatable bonds is 7. The van der Waals surface area contributed by atoms with Gasteiger partial charge in [-0.3, -0.25) is 4.79 Å². The van der Waals surface area contributed by atoms with Gasteiger partial charge in [-0.25, -0.2) is 0 Å². The lowest BCUT2D eigenvalue weighted by atomic mass is 10.0. The lowest BCUT2D eigenvalue weighted by Crippen LogP contribution is -2.33. The highest BCUT2D eigenvalue weighted by Gasteiger charge is 2.16. The minimum absolute atomic E-state index is 0.0485. The maximum atomic E-state index is 11.9. The minimum Gasteiger partial charge on any atom is -0.496 e. The van der Waals surface area contributed by atoms with Crippen molar-refractivity contribution < 1.29 is 14.3 Å². The second-order valence-corrected chi connectivity index (χ2v) is 4.42. The fourth-order valence-electron chi connectivity index (χ4n) is 1.61. The van der Waals surface area contributed by atoms with Crippen molar-refractivity contribution in [1.29, 1.82) is 0 Å². The largest absolute Gasteiger partial charge is 0.496 e. The summed E-state index contributed by atoms with van der Waals surface area (Å²) < 4.78 is 10.1. The molecule has 1 unspecified atom stereocenters. The Morgan fingerprint density at radius 3 is 2.78 bits per heavy atom. The second kappa shape index (κ2) is 7.36. The Bertz CT molecular complexity index is 409. The van der Waals surface area contributed by atoms with Crippen molar-refractivity contribution in [2.24, 2.45) is 5.73 Å². The van der Waals surface area contributed by atoms with Gasteiger partial charge in [0.2, 0.25) is 0 Å². The van der Waals surface area contributed by atoms with Gasteiger partial charge in [0.15, 0.2) is 5.78 Å². The Labute approximate surface area is 112 Å². The van der Waals surface area contributed by atoms with Gasteiger partial charge in [0.1, 0.15) is 5.75 Å². The van der Waals surface area contributed by atoms with E-state index in [-0.39, 0.29) is 12.2 Å². The number of ether oxygens (including phenoxy) is 2. The summed E-state index contributed by atoms with van der Waals surface area (Å²) in [6.45, 7) is 0.472. The number of hydrogen-bond acceptors (Lipinski definition) is 4. The van der Waals surface area contributed by atoms with E-state index >= 15 is 0 Å². The molecule has 2 N–H and O–H groups in total. The van der Waals surface area contributed by atoms with Gasteiger partial charge in [0.25, 0.3) is 0 Å². The molecule has 4 nitrogen and oxygen atoms in total. The average molecular weight is 272 g/mol. The highest BCUT2D eigenvalue weighted by molar-refractivity contribution is 6.30. The highest BCUT2D eigenvalue weighted by atomic mass is 35.5. The van der Waals surface area contributed by atoms with Crippen molar-refractivity contribution in [2.45, 2.75) is 18.9 Å². The average Bonchev–Trinajstić information content (AvgIpc) is 2.36. The number of ketones is 1. The van der Waals surface area contributed by atoms with Crippen LogP contribution in [-0.4, -0.2) is 32.7 Å². The first kappa shape index (κ1) is 15.0. The lowest BCUT2D eigenvalue weighted by molar-refractivity contribution is -0.120. The summed E-state index contributed by atoms with van der Waals surface area (Å²) >= 11 is 5.90. The third-order valence-corrected chi connectivity index (χ3v) is 2.89. The molecule has 100 valence electrons. The van der Waals surface area contributed by atoms with Crippen molar-refractivity contribution in [3.05, 3.63) is 28.8 Å². The van der Waals surface area contributed by atoms with Crippen LogP contribution in [0, 0.1) is 0 Å². The SMILES string of the molecule is COCCC(N)C(=O)Cc1cc(Cl)ccc1OC. The Morgan fingerprint density at radius 2 is 2.17 bits per heavy atom. The number of nitrogens with two attached hydrogens (primary N) is 1. The van der Waals surface area contributed by atoms with Crippen LogP contribution < -0.4 is 10.5 Å². The number of Topliss-reactive ketones (excluding diaryl/α,β-unsaturated/α-hetero) is 1. The van der Waals surface area contributed by atoms with E-state index in [1.807, 2.05) is 0 Å². The molecule has 0 radical (unpaired) electrons. The van der Waals surface area contributed by atoms with Gasteiger partial charge in [-0.2, -0.15) is 0 Å². The normalized spacial score (nSPS) is 12.2. The Balaban J connectivity index is 2.71. The molecule has 0 amide bonds. The van der Waals surface area contributed by atoms with Gasteiger partial charge < -0.3 is 15.2 Å². The van der Waals surface area contributed by atoms with Gasteiger partial charge in [0.05, 0.1) is 13.2 Å². The Morgan fingerprint density at radius 1 is 1.44 bits per heavy atom. The molecule has 0 spiro atoms. The molecular formula is C13H18ClNO3. The molecule has 1 rings (SSSR count). The molecule has 0 saturated heterocycles. The van der Waals surface area contributed by atoms with Crippen molar-refractivity contribution >= 4 is 17.4 Å². The molecule has 0 aliphatic rings. The van der Waals surface area contributed by atoms with Gasteiger partial charge >= 0.3 is 0 Å². The first-order valence-corrected chi connectivity index (χ1v) is 6.06. The third-order valence-electron chi connectivity index (χ3n) is 2.65. The van der Waals surface area contributed by atoms with E-state index in [2.05, 4.69) is 0 Å². The predicted octanol–water partition coefficient (Wildman–Crippen LogP) is 1.82. The number of methoxy groups -OCH3 is 2. The number of halogens is 1. The fraction of sp³-hybridized carbons (Fsp3) is 0.462. The Kier molecular flexibility index (Phi) is 6.12. The van der Waals surface area contributed by atoms with Gasteiger partial charge in [-0.15, -0.1) is 0 Å². The lowest BCUT2D eigenvalue weighted by Gasteiger charge is -2.12. The fourth-order valence-corrected chi connectivity index (χ4v) is 1.80. The smallest absolute Gasteiger partial charge is 0.154 e. The van der Waals surface area contributed by atoms with Crippen LogP contribution in [0.25, 0.3) is 0 Å². The summed E-state index contributed by atoms with van der Waals surface area (Å²) in [5.41, 5.74) is 6.53. The Hall–Kier alpha value is -1.10. The minimum atomic E-state index is -0.520. The predicted molar refractivity (Wildman–Crippen MR) is 71.2 cm³/mol. The molecule has 5 heteroatoms. The number of benzene rings is 1. The first-order valence-electron chi connectivity index (χ1n) is 5.68. The molecular weight excluding hydrogens is 254 g/mol. The van der Waals surface area contributed by atoms with Crippen LogP contribution in [0.4, 0.5) is 0 Å². The third kappa shape index (κ3) is 4.29. The van der Waals surface area contributed by atoms with Gasteiger partial charge in [0, 0.05) is 30.7 Å². The molecule has 1 aromatic carbocycles. The van der Waals surface area contributed by atoms with Gasteiger partial charge in [-0.05, 0) is 24.6 Å². The van der Waals surface area contributed by atoms with E-state index < -0.39 is 6.04 Å². The molecule has 0 heterocycles. The summed E-state index contributed by atoms with van der Waals surface area (Å²) in [4.78, 5) is 11.9. The van der Waals surface area contributed by atoms with Crippen LogP contribution in [0.1, 0.15) is 12.0 Å². The van der Waals surface area contributed by atoms with Crippen molar-refractivity contribution in [3.63, 3.8) is 0 Å². The van der Waals surface area contributed by atoms with E-state index in [0.29, 0.717) is 23.8 Å². The summed E-state index contributed by atoms with van der Waals surface area (Å²) in [7, 11) is 3.14. The maximum Gasteiger partial charge on any atom is 0.154 e. The summed E-state index contributed by atoms with van der Waals surface area (Å²) in [6, 6.07) is 4.67. The molecule has 1 aromatic rings. The highest BCUT2D eigenvalue weighted by Crippen LogP contribution is 2.23. The molecule has 0 saturated carbocycles. The van der Waals surface area contributed by atoms with E-state index in [4.69, 9.17) is 26.8 Å². The van der Waals surface area contributed by atoms with Crippen molar-refractivity contribution in [1.82, 2.24) is 0 Å². The van der Waals surface area contributed by atoms with Crippen LogP contribution in [0.15, 0.2) is 18.2 Å². The summed E-state index contributed by atoms with van der Waals surface area (Å²) in [6.07, 6.45) is 0.729. The monoisotopic (exact) mass is 271 g/mol. The van der Waals surface area contributed by atoms with Crippen LogP contribution in [0.5, 0.6) is 5.75 Å². The summed E-state index contributed by atoms with van der Waals surface area (Å²) in [5.74, 6) is 0.597. The second-order valence-electron chi connectivity index (χ2n) is 3.99. The molecule has 1 atom stereocenters. The van der Waals surface area contributed by atoms with Crippen LogP contribution in [0.3, 0.4) is 0 Å². The van der Waals surface area contributed by atoms with Gasteiger partial charge in [-0.1, -0.05) is 11.6 Å². The molecule has 0 fully saturated rings. The zero-order valence-electron chi connectivity index (χ0n) is 10.6. The van der Waals surface area contributed by atoms with Crippen LogP contribution in [0.2, 0.25) is 5.02 Å². The maximum absolute atomic E-state index is 11.9. The van der Waals surface area contributed by atoms with E-state index in [9.17, 15) is 4.79 Å². The van der Waals surface area contributed by atoms with E-state index in [0.717, 1.165) is 5.56 Å². The van der Waals surface area contributed by atoms with E-state index in [1.54, 1.807) is 32.4 Å². The van der Waals surface area contributed by atoms with Crippen LogP contribution in [-0.2, 0) is 16.0 Å². The zero-order valence-corrected chi connectivity index (χ0v) is 11.4. The summed E-state index contributed by atoms with van der Waals surface area (Å²) in [5, 5.41) is 0.573. The molecule has 0 aromatic heterocycles. The standard InChI is InChI=1S/C13H18ClNO3/c1-17-6-5-11(15)12(16)8-9-7-10(14)3-4-13(9)18-2/h3-4,7,11H,5-6,8,15H2,1-2H3. The van der Waals surface area contributed by atoms with Crippen molar-refractivity contribution in [2.75, 3.05) is 20.8 Å². The molecule has 0 aliphatic heterocycles. The van der Waals surface area contributed by atoms with E-state index in [1.165, 1.54) is 0 Å². The molecule has 0 aliphatic carbocycles. The molecule has 18 heavy (non-hydrogen) atoms. The topological polar surface area (TPSA) is 61.5 Å². The quantitative estimate of drug-likeness (QED) is 0.822. The first-order chi connectivity index (χ1) is 8.58. The number of carbonyl (C=O) groups is 1. The number of hydrogen-bond donors (Lipinski definition) is 1. The molecule has 0 bridgehead atoms. The van der Waals surface area contributed by atoms with Crippen molar-refractivity contribution in [3.8, 4) is 5.75 Å².